The highest BCUT2D eigenvalue weighted by Gasteiger charge is 2.12. The monoisotopic (exact) mass is 393 g/mol. The van der Waals surface area contributed by atoms with Gasteiger partial charge in [0.25, 0.3) is 11.8 Å². The number of amides is 2. The van der Waals surface area contributed by atoms with E-state index in [2.05, 4.69) is 15.6 Å². The normalized spacial score (nSPS) is 10.3. The second-order valence-corrected chi connectivity index (χ2v) is 6.15. The number of ether oxygens (including phenoxy) is 1. The molecule has 2 aromatic carbocycles. The second-order valence-electron chi connectivity index (χ2n) is 6.15. The van der Waals surface area contributed by atoms with Crippen molar-refractivity contribution in [3.05, 3.63) is 89.5 Å². The molecule has 1 heterocycles. The molecule has 0 bridgehead atoms. The first-order valence-electron chi connectivity index (χ1n) is 9.08. The van der Waals surface area contributed by atoms with Crippen LogP contribution in [0.15, 0.2) is 66.9 Å². The summed E-state index contributed by atoms with van der Waals surface area (Å²) in [6.07, 6.45) is 1.40. The number of benzene rings is 2. The van der Waals surface area contributed by atoms with Crippen molar-refractivity contribution in [2.75, 3.05) is 11.9 Å². The van der Waals surface area contributed by atoms with E-state index in [1.807, 2.05) is 6.92 Å². The molecule has 0 aliphatic carbocycles. The Kier molecular flexibility index (Phi) is 6.52. The van der Waals surface area contributed by atoms with Crippen LogP contribution in [0.5, 0.6) is 5.75 Å². The molecule has 2 N–H and O–H groups in total. The van der Waals surface area contributed by atoms with Crippen molar-refractivity contribution in [3.8, 4) is 5.75 Å². The summed E-state index contributed by atoms with van der Waals surface area (Å²) in [5.41, 5.74) is 1.79. The predicted molar refractivity (Wildman–Crippen MR) is 107 cm³/mol. The molecule has 6 nitrogen and oxygen atoms in total. The van der Waals surface area contributed by atoms with E-state index < -0.39 is 5.91 Å². The van der Waals surface area contributed by atoms with E-state index in [0.29, 0.717) is 17.9 Å². The van der Waals surface area contributed by atoms with Crippen LogP contribution in [0.25, 0.3) is 0 Å². The van der Waals surface area contributed by atoms with E-state index in [4.69, 9.17) is 4.74 Å². The zero-order valence-corrected chi connectivity index (χ0v) is 15.8. The summed E-state index contributed by atoms with van der Waals surface area (Å²) in [7, 11) is 0. The lowest BCUT2D eigenvalue weighted by Gasteiger charge is -2.08. The smallest absolute Gasteiger partial charge is 0.270 e. The van der Waals surface area contributed by atoms with E-state index in [9.17, 15) is 14.0 Å². The number of hydrogen-bond acceptors (Lipinski definition) is 4. The van der Waals surface area contributed by atoms with Gasteiger partial charge in [-0.25, -0.2) is 4.39 Å². The number of rotatable bonds is 7. The quantitative estimate of drug-likeness (QED) is 0.640. The van der Waals surface area contributed by atoms with Crippen LogP contribution in [0, 0.1) is 5.82 Å². The maximum absolute atomic E-state index is 12.9. The molecule has 0 aliphatic rings. The largest absolute Gasteiger partial charge is 0.494 e. The van der Waals surface area contributed by atoms with Crippen molar-refractivity contribution in [1.29, 1.82) is 0 Å². The van der Waals surface area contributed by atoms with Crippen LogP contribution in [-0.4, -0.2) is 23.4 Å². The molecular formula is C22H20FN3O3. The highest BCUT2D eigenvalue weighted by atomic mass is 19.1. The van der Waals surface area contributed by atoms with Gasteiger partial charge in [0.05, 0.1) is 6.61 Å². The SMILES string of the molecule is CCOc1ccc(NC(=O)c2ccnc(C(=O)NCc3ccc(F)cc3)c2)cc1. The van der Waals surface area contributed by atoms with Gasteiger partial charge in [0.15, 0.2) is 0 Å². The van der Waals surface area contributed by atoms with Gasteiger partial charge in [-0.05, 0) is 61.0 Å². The Morgan fingerprint density at radius 1 is 1.00 bits per heavy atom. The third-order valence-corrected chi connectivity index (χ3v) is 4.04. The number of hydrogen-bond donors (Lipinski definition) is 2. The summed E-state index contributed by atoms with van der Waals surface area (Å²) in [5.74, 6) is -0.406. The Hall–Kier alpha value is -3.74. The van der Waals surface area contributed by atoms with Crippen molar-refractivity contribution >= 4 is 17.5 Å². The number of carbonyl (C=O) groups excluding carboxylic acids is 2. The summed E-state index contributed by atoms with van der Waals surface area (Å²) >= 11 is 0. The number of carbonyl (C=O) groups is 2. The number of nitrogens with zero attached hydrogens (tertiary/aromatic N) is 1. The van der Waals surface area contributed by atoms with Crippen molar-refractivity contribution in [1.82, 2.24) is 10.3 Å². The van der Waals surface area contributed by atoms with E-state index in [1.54, 1.807) is 36.4 Å². The number of aromatic nitrogens is 1. The summed E-state index contributed by atoms with van der Waals surface area (Å²) in [5, 5.41) is 5.47. The van der Waals surface area contributed by atoms with Gasteiger partial charge in [0.2, 0.25) is 0 Å². The molecule has 0 spiro atoms. The van der Waals surface area contributed by atoms with Gasteiger partial charge in [-0.3, -0.25) is 14.6 Å². The fourth-order valence-electron chi connectivity index (χ4n) is 2.58. The van der Waals surface area contributed by atoms with E-state index in [1.165, 1.54) is 30.5 Å². The van der Waals surface area contributed by atoms with Crippen molar-refractivity contribution < 1.29 is 18.7 Å². The molecule has 0 aliphatic heterocycles. The predicted octanol–water partition coefficient (Wildman–Crippen LogP) is 3.80. The molecule has 0 atom stereocenters. The molecule has 0 saturated heterocycles. The standard InChI is InChI=1S/C22H20FN3O3/c1-2-29-19-9-7-18(8-10-19)26-21(27)16-11-12-24-20(13-16)22(28)25-14-15-3-5-17(23)6-4-15/h3-13H,2,14H2,1H3,(H,25,28)(H,26,27). The minimum Gasteiger partial charge on any atom is -0.494 e. The molecule has 7 heteroatoms. The first-order chi connectivity index (χ1) is 14.0. The Balaban J connectivity index is 1.62. The lowest BCUT2D eigenvalue weighted by molar-refractivity contribution is 0.0946. The lowest BCUT2D eigenvalue weighted by atomic mass is 10.2. The van der Waals surface area contributed by atoms with Crippen molar-refractivity contribution in [2.45, 2.75) is 13.5 Å². The minimum absolute atomic E-state index is 0.117. The van der Waals surface area contributed by atoms with Crippen LogP contribution < -0.4 is 15.4 Å². The van der Waals surface area contributed by atoms with E-state index in [0.717, 1.165) is 11.3 Å². The summed E-state index contributed by atoms with van der Waals surface area (Å²) < 4.78 is 18.3. The lowest BCUT2D eigenvalue weighted by Crippen LogP contribution is -2.24. The molecule has 3 rings (SSSR count). The number of pyridine rings is 1. The Labute approximate surface area is 167 Å². The average molecular weight is 393 g/mol. The molecule has 0 radical (unpaired) electrons. The first-order valence-corrected chi connectivity index (χ1v) is 9.08. The van der Waals surface area contributed by atoms with Crippen LogP contribution in [0.1, 0.15) is 33.3 Å². The second kappa shape index (κ2) is 9.45. The van der Waals surface area contributed by atoms with Crippen LogP contribution in [-0.2, 0) is 6.54 Å². The summed E-state index contributed by atoms with van der Waals surface area (Å²) in [6, 6.07) is 15.8. The van der Waals surface area contributed by atoms with Crippen LogP contribution in [0.4, 0.5) is 10.1 Å². The third kappa shape index (κ3) is 5.62. The molecule has 2 amide bonds. The van der Waals surface area contributed by atoms with Gasteiger partial charge in [0.1, 0.15) is 17.3 Å². The molecule has 0 unspecified atom stereocenters. The zero-order chi connectivity index (χ0) is 20.6. The number of nitrogens with one attached hydrogen (secondary N) is 2. The average Bonchev–Trinajstić information content (AvgIpc) is 2.75. The molecule has 29 heavy (non-hydrogen) atoms. The molecule has 1 aromatic heterocycles. The molecule has 3 aromatic rings. The highest BCUT2D eigenvalue weighted by molar-refractivity contribution is 6.05. The fraction of sp³-hybridized carbons (Fsp3) is 0.136. The first kappa shape index (κ1) is 20.0. The van der Waals surface area contributed by atoms with Crippen LogP contribution in [0.3, 0.4) is 0 Å². The highest BCUT2D eigenvalue weighted by Crippen LogP contribution is 2.16. The summed E-state index contributed by atoms with van der Waals surface area (Å²) in [4.78, 5) is 28.8. The summed E-state index contributed by atoms with van der Waals surface area (Å²) in [6.45, 7) is 2.69. The molecular weight excluding hydrogens is 373 g/mol. The minimum atomic E-state index is -0.426. The van der Waals surface area contributed by atoms with E-state index in [-0.39, 0.29) is 24.0 Å². The van der Waals surface area contributed by atoms with Gasteiger partial charge in [-0.2, -0.15) is 0 Å². The number of halogens is 1. The number of anilines is 1. The Morgan fingerprint density at radius 3 is 2.41 bits per heavy atom. The molecule has 148 valence electrons. The van der Waals surface area contributed by atoms with Gasteiger partial charge in [-0.15, -0.1) is 0 Å². The van der Waals surface area contributed by atoms with Crippen molar-refractivity contribution in [3.63, 3.8) is 0 Å². The van der Waals surface area contributed by atoms with Gasteiger partial charge in [0, 0.05) is 24.0 Å². The maximum atomic E-state index is 12.9. The molecule has 0 fully saturated rings. The van der Waals surface area contributed by atoms with Gasteiger partial charge >= 0.3 is 0 Å². The van der Waals surface area contributed by atoms with Crippen molar-refractivity contribution in [2.24, 2.45) is 0 Å². The van der Waals surface area contributed by atoms with Crippen LogP contribution >= 0.6 is 0 Å². The Morgan fingerprint density at radius 2 is 1.72 bits per heavy atom. The topological polar surface area (TPSA) is 80.3 Å². The molecule has 0 saturated carbocycles. The van der Waals surface area contributed by atoms with Gasteiger partial charge in [-0.1, -0.05) is 12.1 Å². The maximum Gasteiger partial charge on any atom is 0.270 e. The third-order valence-electron chi connectivity index (χ3n) is 4.04. The fourth-order valence-corrected chi connectivity index (χ4v) is 2.58. The van der Waals surface area contributed by atoms with Crippen LogP contribution in [0.2, 0.25) is 0 Å². The van der Waals surface area contributed by atoms with Gasteiger partial charge < -0.3 is 15.4 Å². The Bertz CT molecular complexity index is 989. The zero-order valence-electron chi connectivity index (χ0n) is 15.8. The van der Waals surface area contributed by atoms with E-state index >= 15 is 0 Å².